The molecule has 21 heavy (non-hydrogen) atoms. The lowest BCUT2D eigenvalue weighted by atomic mass is 9.87. The second-order valence-corrected chi connectivity index (χ2v) is 5.23. The van der Waals surface area contributed by atoms with Gasteiger partial charge in [0.1, 0.15) is 0 Å². The zero-order valence-corrected chi connectivity index (χ0v) is 12.9. The standard InChI is InChI=1S/C13H14BrF3O4/c1-20-11(21-2)10(18)7-12(19,13(15,16)17)8-3-5-9(14)6-4-8/h3-6,11,19H,7H2,1-2H3. The first kappa shape index (κ1) is 18.1. The Bertz CT molecular complexity index is 485. The van der Waals surface area contributed by atoms with Crippen molar-refractivity contribution >= 4 is 21.7 Å². The highest BCUT2D eigenvalue weighted by Crippen LogP contribution is 2.42. The molecule has 1 N–H and O–H groups in total. The maximum absolute atomic E-state index is 13.2. The van der Waals surface area contributed by atoms with Crippen molar-refractivity contribution < 1.29 is 32.5 Å². The number of aliphatic hydroxyl groups is 1. The number of ether oxygens (including phenoxy) is 2. The molecular weight excluding hydrogens is 357 g/mol. The summed E-state index contributed by atoms with van der Waals surface area (Å²) in [4.78, 5) is 11.8. The van der Waals surface area contributed by atoms with E-state index >= 15 is 0 Å². The van der Waals surface area contributed by atoms with Gasteiger partial charge in [0.05, 0.1) is 6.42 Å². The van der Waals surface area contributed by atoms with Crippen molar-refractivity contribution in [2.75, 3.05) is 14.2 Å². The number of hydrogen-bond donors (Lipinski definition) is 1. The molecule has 1 aromatic rings. The zero-order valence-electron chi connectivity index (χ0n) is 11.3. The largest absolute Gasteiger partial charge is 0.421 e. The van der Waals surface area contributed by atoms with Crippen LogP contribution in [0.3, 0.4) is 0 Å². The highest BCUT2D eigenvalue weighted by atomic mass is 79.9. The van der Waals surface area contributed by atoms with E-state index in [0.29, 0.717) is 4.47 Å². The van der Waals surface area contributed by atoms with Gasteiger partial charge in [0.25, 0.3) is 0 Å². The van der Waals surface area contributed by atoms with E-state index < -0.39 is 35.8 Å². The number of ketones is 1. The van der Waals surface area contributed by atoms with Gasteiger partial charge in [0, 0.05) is 18.7 Å². The monoisotopic (exact) mass is 370 g/mol. The van der Waals surface area contributed by atoms with Gasteiger partial charge >= 0.3 is 6.18 Å². The highest BCUT2D eigenvalue weighted by Gasteiger charge is 2.56. The molecule has 1 atom stereocenters. The second kappa shape index (κ2) is 6.87. The van der Waals surface area contributed by atoms with Crippen LogP contribution in [0.25, 0.3) is 0 Å². The third kappa shape index (κ3) is 4.03. The molecule has 0 aromatic heterocycles. The number of halogens is 4. The van der Waals surface area contributed by atoms with Crippen LogP contribution in [0.2, 0.25) is 0 Å². The summed E-state index contributed by atoms with van der Waals surface area (Å²) in [6, 6.07) is 4.89. The Kier molecular flexibility index (Phi) is 5.92. The van der Waals surface area contributed by atoms with E-state index in [-0.39, 0.29) is 0 Å². The zero-order chi connectivity index (χ0) is 16.3. The Morgan fingerprint density at radius 1 is 1.24 bits per heavy atom. The first-order valence-electron chi connectivity index (χ1n) is 5.79. The lowest BCUT2D eigenvalue weighted by Gasteiger charge is -2.31. The average molecular weight is 371 g/mol. The fraction of sp³-hybridized carbons (Fsp3) is 0.462. The number of carbonyl (C=O) groups is 1. The SMILES string of the molecule is COC(OC)C(=O)CC(O)(c1ccc(Br)cc1)C(F)(F)F. The van der Waals surface area contributed by atoms with Gasteiger partial charge in [-0.25, -0.2) is 0 Å². The van der Waals surface area contributed by atoms with Crippen LogP contribution in [-0.2, 0) is 19.9 Å². The van der Waals surface area contributed by atoms with Crippen molar-refractivity contribution in [1.82, 2.24) is 0 Å². The first-order valence-corrected chi connectivity index (χ1v) is 6.58. The lowest BCUT2D eigenvalue weighted by molar-refractivity contribution is -0.269. The lowest BCUT2D eigenvalue weighted by Crippen LogP contribution is -2.46. The number of rotatable bonds is 6. The normalized spacial score (nSPS) is 15.0. The summed E-state index contributed by atoms with van der Waals surface area (Å²) in [6.45, 7) is 0. The van der Waals surface area contributed by atoms with E-state index in [2.05, 4.69) is 25.4 Å². The summed E-state index contributed by atoms with van der Waals surface area (Å²) in [5, 5.41) is 10.0. The predicted octanol–water partition coefficient (Wildman–Crippen LogP) is 2.78. The van der Waals surface area contributed by atoms with E-state index in [9.17, 15) is 23.1 Å². The van der Waals surface area contributed by atoms with Crippen LogP contribution in [0.15, 0.2) is 28.7 Å². The van der Waals surface area contributed by atoms with E-state index in [1.165, 1.54) is 12.1 Å². The molecule has 0 aliphatic carbocycles. The van der Waals surface area contributed by atoms with Gasteiger partial charge in [-0.3, -0.25) is 4.79 Å². The molecule has 0 aliphatic heterocycles. The minimum Gasteiger partial charge on any atom is -0.376 e. The maximum Gasteiger partial charge on any atom is 0.421 e. The molecule has 0 fully saturated rings. The van der Waals surface area contributed by atoms with Crippen LogP contribution in [0.1, 0.15) is 12.0 Å². The Labute approximate surface area is 128 Å². The summed E-state index contributed by atoms with van der Waals surface area (Å²) in [6.07, 6.45) is -7.69. The number of benzene rings is 1. The van der Waals surface area contributed by atoms with Crippen LogP contribution in [0.5, 0.6) is 0 Å². The maximum atomic E-state index is 13.2. The van der Waals surface area contributed by atoms with Crippen molar-refractivity contribution in [3.8, 4) is 0 Å². The highest BCUT2D eigenvalue weighted by molar-refractivity contribution is 9.10. The van der Waals surface area contributed by atoms with Crippen molar-refractivity contribution in [2.45, 2.75) is 24.5 Å². The van der Waals surface area contributed by atoms with Gasteiger partial charge < -0.3 is 14.6 Å². The summed E-state index contributed by atoms with van der Waals surface area (Å²) < 4.78 is 49.5. The predicted molar refractivity (Wildman–Crippen MR) is 71.5 cm³/mol. The number of alkyl halides is 3. The number of Topliss-reactive ketones (excluding diaryl/α,β-unsaturated/α-hetero) is 1. The van der Waals surface area contributed by atoms with Crippen molar-refractivity contribution in [3.63, 3.8) is 0 Å². The molecule has 4 nitrogen and oxygen atoms in total. The van der Waals surface area contributed by atoms with E-state index in [0.717, 1.165) is 26.4 Å². The number of methoxy groups -OCH3 is 2. The van der Waals surface area contributed by atoms with E-state index in [4.69, 9.17) is 0 Å². The molecule has 1 rings (SSSR count). The Balaban J connectivity index is 3.17. The minimum absolute atomic E-state index is 0.433. The third-order valence-corrected chi connectivity index (χ3v) is 3.44. The number of hydrogen-bond acceptors (Lipinski definition) is 4. The summed E-state index contributed by atoms with van der Waals surface area (Å²) in [5.74, 6) is -1.01. The Morgan fingerprint density at radius 2 is 1.71 bits per heavy atom. The van der Waals surface area contributed by atoms with Crippen molar-refractivity contribution in [2.24, 2.45) is 0 Å². The molecular formula is C13H14BrF3O4. The molecule has 0 saturated heterocycles. The van der Waals surface area contributed by atoms with Crippen LogP contribution >= 0.6 is 15.9 Å². The quantitative estimate of drug-likeness (QED) is 0.782. The van der Waals surface area contributed by atoms with E-state index in [1.54, 1.807) is 0 Å². The molecule has 0 heterocycles. The van der Waals surface area contributed by atoms with Gasteiger partial charge in [-0.15, -0.1) is 0 Å². The molecule has 0 saturated carbocycles. The number of carbonyl (C=O) groups excluding carboxylic acids is 1. The average Bonchev–Trinajstić information content (AvgIpc) is 2.39. The van der Waals surface area contributed by atoms with Gasteiger partial charge in [-0.2, -0.15) is 13.2 Å². The van der Waals surface area contributed by atoms with Crippen molar-refractivity contribution in [3.05, 3.63) is 34.3 Å². The van der Waals surface area contributed by atoms with Crippen LogP contribution in [-0.4, -0.2) is 37.6 Å². The van der Waals surface area contributed by atoms with Crippen molar-refractivity contribution in [1.29, 1.82) is 0 Å². The molecule has 118 valence electrons. The van der Waals surface area contributed by atoms with Crippen LogP contribution in [0, 0.1) is 0 Å². The first-order chi connectivity index (χ1) is 9.65. The van der Waals surface area contributed by atoms with Gasteiger partial charge in [-0.05, 0) is 17.7 Å². The molecule has 0 amide bonds. The third-order valence-electron chi connectivity index (χ3n) is 2.91. The van der Waals surface area contributed by atoms with E-state index in [1.807, 2.05) is 0 Å². The molecule has 1 unspecified atom stereocenters. The smallest absolute Gasteiger partial charge is 0.376 e. The summed E-state index contributed by atoms with van der Waals surface area (Å²) in [7, 11) is 2.25. The van der Waals surface area contributed by atoms with Gasteiger partial charge in [-0.1, -0.05) is 28.1 Å². The molecule has 8 heteroatoms. The topological polar surface area (TPSA) is 55.8 Å². The fourth-order valence-electron chi connectivity index (χ4n) is 1.79. The van der Waals surface area contributed by atoms with Gasteiger partial charge in [0.15, 0.2) is 11.4 Å². The van der Waals surface area contributed by atoms with Crippen LogP contribution in [0.4, 0.5) is 13.2 Å². The van der Waals surface area contributed by atoms with Gasteiger partial charge in [0.2, 0.25) is 6.29 Å². The second-order valence-electron chi connectivity index (χ2n) is 4.31. The Morgan fingerprint density at radius 3 is 2.10 bits per heavy atom. The molecule has 0 aliphatic rings. The van der Waals surface area contributed by atoms with Crippen LogP contribution < -0.4 is 0 Å². The summed E-state index contributed by atoms with van der Waals surface area (Å²) >= 11 is 3.09. The molecule has 1 aromatic carbocycles. The fourth-order valence-corrected chi connectivity index (χ4v) is 2.05. The Hall–Kier alpha value is -0.960. The summed E-state index contributed by atoms with van der Waals surface area (Å²) in [5.41, 5.74) is -3.74. The molecule has 0 bridgehead atoms. The molecule has 0 radical (unpaired) electrons. The minimum atomic E-state index is -5.03. The molecule has 0 spiro atoms.